The molecule has 148 valence electrons. The number of carbonyl (C=O) groups is 1. The third-order valence-corrected chi connectivity index (χ3v) is 4.10. The smallest absolute Gasteiger partial charge is 0.339 e. The summed E-state index contributed by atoms with van der Waals surface area (Å²) >= 11 is 5.72. The van der Waals surface area contributed by atoms with Crippen LogP contribution in [0.5, 0.6) is 0 Å². The van der Waals surface area contributed by atoms with Gasteiger partial charge in [-0.15, -0.1) is 10.2 Å². The van der Waals surface area contributed by atoms with Crippen molar-refractivity contribution in [3.05, 3.63) is 79.2 Å². The third-order valence-electron chi connectivity index (χ3n) is 3.78. The van der Waals surface area contributed by atoms with E-state index in [9.17, 15) is 25.0 Å². The van der Waals surface area contributed by atoms with Crippen LogP contribution in [0, 0.1) is 20.2 Å². The molecular weight excluding hydrogens is 408 g/mol. The monoisotopic (exact) mass is 418 g/mol. The molecule has 3 aromatic rings. The van der Waals surface area contributed by atoms with Gasteiger partial charge in [-0.3, -0.25) is 20.2 Å². The summed E-state index contributed by atoms with van der Waals surface area (Å²) in [7, 11) is 0. The largest absolute Gasteiger partial charge is 0.449 e. The minimum Gasteiger partial charge on any atom is -0.449 e. The second kappa shape index (κ2) is 8.02. The molecule has 1 aromatic heterocycles. The van der Waals surface area contributed by atoms with Gasteiger partial charge >= 0.3 is 5.97 Å². The first-order valence-corrected chi connectivity index (χ1v) is 8.37. The van der Waals surface area contributed by atoms with Crippen LogP contribution in [0.3, 0.4) is 0 Å². The zero-order valence-electron chi connectivity index (χ0n) is 14.6. The van der Waals surface area contributed by atoms with Crippen molar-refractivity contribution in [2.75, 3.05) is 0 Å². The maximum absolute atomic E-state index is 12.3. The van der Waals surface area contributed by atoms with E-state index in [1.807, 2.05) is 0 Å². The molecule has 0 radical (unpaired) electrons. The van der Waals surface area contributed by atoms with E-state index in [4.69, 9.17) is 20.8 Å². The standard InChI is InChI=1S/C17H11ClN4O7/c1-9(28-17(23)11-4-7-13(18)14(8-11)22(26)27)15-19-20-16(29-15)10-2-5-12(6-3-10)21(24)25/h2-9H,1H3. The highest BCUT2D eigenvalue weighted by atomic mass is 35.5. The minimum atomic E-state index is -0.948. The van der Waals surface area contributed by atoms with Crippen LogP contribution in [-0.4, -0.2) is 26.0 Å². The van der Waals surface area contributed by atoms with Crippen LogP contribution in [0.1, 0.15) is 29.3 Å². The molecule has 0 amide bonds. The number of benzene rings is 2. The molecule has 1 unspecified atom stereocenters. The first-order valence-electron chi connectivity index (χ1n) is 7.99. The summed E-state index contributed by atoms with van der Waals surface area (Å²) in [4.78, 5) is 32.6. The number of hydrogen-bond acceptors (Lipinski definition) is 9. The van der Waals surface area contributed by atoms with Crippen LogP contribution in [-0.2, 0) is 4.74 Å². The minimum absolute atomic E-state index is 0.0184. The zero-order valence-corrected chi connectivity index (χ0v) is 15.4. The first-order chi connectivity index (χ1) is 13.8. The molecule has 29 heavy (non-hydrogen) atoms. The summed E-state index contributed by atoms with van der Waals surface area (Å²) in [5, 5.41) is 29.2. The van der Waals surface area contributed by atoms with Gasteiger partial charge in [-0.25, -0.2) is 4.79 Å². The van der Waals surface area contributed by atoms with Crippen LogP contribution in [0.15, 0.2) is 46.9 Å². The fourth-order valence-corrected chi connectivity index (χ4v) is 2.49. The van der Waals surface area contributed by atoms with Gasteiger partial charge < -0.3 is 9.15 Å². The molecule has 0 saturated heterocycles. The molecule has 2 aromatic carbocycles. The molecular formula is C17H11ClN4O7. The van der Waals surface area contributed by atoms with Crippen molar-refractivity contribution in [1.29, 1.82) is 0 Å². The summed E-state index contributed by atoms with van der Waals surface area (Å²) in [6.07, 6.45) is -0.948. The number of esters is 1. The molecule has 1 atom stereocenters. The van der Waals surface area contributed by atoms with Crippen LogP contribution < -0.4 is 0 Å². The highest BCUT2D eigenvalue weighted by Crippen LogP contribution is 2.27. The Labute approximate surface area is 167 Å². The van der Waals surface area contributed by atoms with Gasteiger partial charge in [0.05, 0.1) is 15.4 Å². The van der Waals surface area contributed by atoms with Crippen molar-refractivity contribution in [1.82, 2.24) is 10.2 Å². The van der Waals surface area contributed by atoms with E-state index in [1.165, 1.54) is 43.3 Å². The number of hydrogen-bond donors (Lipinski definition) is 0. The number of ether oxygens (including phenoxy) is 1. The maximum Gasteiger partial charge on any atom is 0.339 e. The van der Waals surface area contributed by atoms with Crippen molar-refractivity contribution in [3.63, 3.8) is 0 Å². The molecule has 11 nitrogen and oxygen atoms in total. The van der Waals surface area contributed by atoms with E-state index in [1.54, 1.807) is 0 Å². The average Bonchev–Trinajstić information content (AvgIpc) is 3.18. The van der Waals surface area contributed by atoms with Crippen LogP contribution in [0.25, 0.3) is 11.5 Å². The highest BCUT2D eigenvalue weighted by molar-refractivity contribution is 6.32. The van der Waals surface area contributed by atoms with Crippen molar-refractivity contribution < 1.29 is 23.8 Å². The molecule has 1 heterocycles. The Hall–Kier alpha value is -3.86. The predicted octanol–water partition coefficient (Wildman–Crippen LogP) is 4.12. The normalized spacial score (nSPS) is 11.7. The maximum atomic E-state index is 12.3. The van der Waals surface area contributed by atoms with Gasteiger partial charge in [-0.1, -0.05) is 11.6 Å². The zero-order chi connectivity index (χ0) is 21.1. The molecule has 0 aliphatic carbocycles. The molecule has 3 rings (SSSR count). The lowest BCUT2D eigenvalue weighted by molar-refractivity contribution is -0.385. The SMILES string of the molecule is CC(OC(=O)c1ccc(Cl)c([N+](=O)[O-])c1)c1nnc(-c2ccc([N+](=O)[O-])cc2)o1. The highest BCUT2D eigenvalue weighted by Gasteiger charge is 2.22. The molecule has 0 saturated carbocycles. The molecule has 0 aliphatic heterocycles. The van der Waals surface area contributed by atoms with Gasteiger partial charge in [0.1, 0.15) is 5.02 Å². The molecule has 0 N–H and O–H groups in total. The lowest BCUT2D eigenvalue weighted by Crippen LogP contribution is -2.10. The number of aromatic nitrogens is 2. The number of nitro groups is 2. The van der Waals surface area contributed by atoms with Crippen molar-refractivity contribution in [2.24, 2.45) is 0 Å². The molecule has 0 spiro atoms. The fraction of sp³-hybridized carbons (Fsp3) is 0.118. The Morgan fingerprint density at radius 1 is 1.10 bits per heavy atom. The van der Waals surface area contributed by atoms with Gasteiger partial charge in [0.15, 0.2) is 6.10 Å². The summed E-state index contributed by atoms with van der Waals surface area (Å²) < 4.78 is 10.7. The Kier molecular flexibility index (Phi) is 5.50. The summed E-state index contributed by atoms with van der Waals surface area (Å²) in [6.45, 7) is 1.48. The van der Waals surface area contributed by atoms with Crippen molar-refractivity contribution in [3.8, 4) is 11.5 Å². The third kappa shape index (κ3) is 4.35. The van der Waals surface area contributed by atoms with Crippen molar-refractivity contribution in [2.45, 2.75) is 13.0 Å². The van der Waals surface area contributed by atoms with E-state index >= 15 is 0 Å². The molecule has 0 aliphatic rings. The van der Waals surface area contributed by atoms with E-state index in [-0.39, 0.29) is 28.1 Å². The lowest BCUT2D eigenvalue weighted by Gasteiger charge is -2.09. The lowest BCUT2D eigenvalue weighted by atomic mass is 10.2. The van der Waals surface area contributed by atoms with Gasteiger partial charge in [0.2, 0.25) is 5.89 Å². The number of nitro benzene ring substituents is 2. The van der Waals surface area contributed by atoms with E-state index in [0.717, 1.165) is 6.07 Å². The second-order valence-corrected chi connectivity index (χ2v) is 6.13. The summed E-state index contributed by atoms with van der Waals surface area (Å²) in [6, 6.07) is 8.98. The van der Waals surface area contributed by atoms with Gasteiger partial charge in [-0.2, -0.15) is 0 Å². The quantitative estimate of drug-likeness (QED) is 0.326. The topological polar surface area (TPSA) is 152 Å². The van der Waals surface area contributed by atoms with Crippen LogP contribution in [0.4, 0.5) is 11.4 Å². The number of halogens is 1. The Balaban J connectivity index is 1.74. The molecule has 0 fully saturated rings. The number of rotatable bonds is 6. The Morgan fingerprint density at radius 3 is 2.41 bits per heavy atom. The summed E-state index contributed by atoms with van der Waals surface area (Å²) in [5.41, 5.74) is -0.135. The number of nitrogens with zero attached hydrogens (tertiary/aromatic N) is 4. The second-order valence-electron chi connectivity index (χ2n) is 5.72. The van der Waals surface area contributed by atoms with Crippen LogP contribution >= 0.6 is 11.6 Å². The van der Waals surface area contributed by atoms with Crippen molar-refractivity contribution >= 4 is 28.9 Å². The number of non-ortho nitro benzene ring substituents is 1. The van der Waals surface area contributed by atoms with Gasteiger partial charge in [0, 0.05) is 23.8 Å². The number of carbonyl (C=O) groups excluding carboxylic acids is 1. The van der Waals surface area contributed by atoms with Gasteiger partial charge in [0.25, 0.3) is 17.3 Å². The van der Waals surface area contributed by atoms with E-state index < -0.39 is 27.6 Å². The predicted molar refractivity (Wildman–Crippen MR) is 98.3 cm³/mol. The Bertz CT molecular complexity index is 1100. The van der Waals surface area contributed by atoms with Gasteiger partial charge in [-0.05, 0) is 31.2 Å². The first kappa shape index (κ1) is 19.9. The van der Waals surface area contributed by atoms with Crippen LogP contribution in [0.2, 0.25) is 5.02 Å². The molecule has 0 bridgehead atoms. The fourth-order valence-electron chi connectivity index (χ4n) is 2.30. The molecule has 12 heteroatoms. The average molecular weight is 419 g/mol. The van der Waals surface area contributed by atoms with E-state index in [2.05, 4.69) is 10.2 Å². The summed E-state index contributed by atoms with van der Waals surface area (Å²) in [5.74, 6) is -0.776. The van der Waals surface area contributed by atoms with E-state index in [0.29, 0.717) is 5.56 Å². The Morgan fingerprint density at radius 2 is 1.79 bits per heavy atom.